The molecule has 1 aromatic heterocycles. The van der Waals surface area contributed by atoms with Crippen LogP contribution in [-0.2, 0) is 9.59 Å². The highest BCUT2D eigenvalue weighted by atomic mass is 19.1. The van der Waals surface area contributed by atoms with Gasteiger partial charge in [0.15, 0.2) is 11.5 Å². The summed E-state index contributed by atoms with van der Waals surface area (Å²) in [7, 11) is 0. The minimum absolute atomic E-state index is 0.0241. The summed E-state index contributed by atoms with van der Waals surface area (Å²) in [5.74, 6) is -1.68. The van der Waals surface area contributed by atoms with Gasteiger partial charge in [-0.1, -0.05) is 44.2 Å². The van der Waals surface area contributed by atoms with E-state index in [0.29, 0.717) is 30.4 Å². The Morgan fingerprint density at radius 3 is 2.54 bits per heavy atom. The number of halogens is 1. The van der Waals surface area contributed by atoms with E-state index in [1.807, 2.05) is 32.0 Å². The minimum Gasteiger partial charge on any atom is -0.451 e. The van der Waals surface area contributed by atoms with Gasteiger partial charge in [0.05, 0.1) is 18.3 Å². The van der Waals surface area contributed by atoms with E-state index >= 15 is 0 Å². The zero-order chi connectivity index (χ0) is 28.1. The molecule has 39 heavy (non-hydrogen) atoms. The molecule has 10 heteroatoms. The highest BCUT2D eigenvalue weighted by molar-refractivity contribution is 6.01. The summed E-state index contributed by atoms with van der Waals surface area (Å²) in [5, 5.41) is 8.87. The van der Waals surface area contributed by atoms with Crippen LogP contribution in [0.15, 0.2) is 52.9 Å². The number of furan rings is 1. The molecular weight excluding hydrogens is 503 g/mol. The second-order valence-electron chi connectivity index (χ2n) is 10.2. The number of rotatable bonds is 7. The number of likely N-dealkylation sites (tertiary alicyclic amines) is 1. The number of para-hydroxylation sites is 2. The van der Waals surface area contributed by atoms with Crippen molar-refractivity contribution in [1.82, 2.24) is 15.5 Å². The average Bonchev–Trinajstić information content (AvgIpc) is 3.12. The van der Waals surface area contributed by atoms with E-state index in [1.54, 1.807) is 19.1 Å². The van der Waals surface area contributed by atoms with Gasteiger partial charge >= 0.3 is 6.03 Å². The lowest BCUT2D eigenvalue weighted by Gasteiger charge is -2.23. The number of carbonyl (C=O) groups is 4. The lowest BCUT2D eigenvalue weighted by molar-refractivity contribution is -0.129. The summed E-state index contributed by atoms with van der Waals surface area (Å²) in [6, 6.07) is 10.8. The van der Waals surface area contributed by atoms with Crippen LogP contribution in [0.3, 0.4) is 0 Å². The van der Waals surface area contributed by atoms with Gasteiger partial charge in [0, 0.05) is 17.5 Å². The molecular formula is C29H33FN4O5. The summed E-state index contributed by atoms with van der Waals surface area (Å²) in [6.45, 7) is 5.69. The number of nitrogens with zero attached hydrogens (tertiary/aromatic N) is 1. The van der Waals surface area contributed by atoms with E-state index in [-0.39, 0.29) is 36.2 Å². The van der Waals surface area contributed by atoms with Crippen molar-refractivity contribution in [1.29, 1.82) is 0 Å². The van der Waals surface area contributed by atoms with Gasteiger partial charge in [0.2, 0.25) is 5.91 Å². The molecule has 9 nitrogen and oxygen atoms in total. The van der Waals surface area contributed by atoms with Gasteiger partial charge in [-0.2, -0.15) is 0 Å². The molecule has 0 radical (unpaired) electrons. The van der Waals surface area contributed by atoms with Gasteiger partial charge < -0.3 is 25.3 Å². The van der Waals surface area contributed by atoms with Crippen LogP contribution in [-0.4, -0.2) is 53.7 Å². The molecule has 2 aromatic carbocycles. The molecule has 0 spiro atoms. The minimum atomic E-state index is -0.887. The van der Waals surface area contributed by atoms with Crippen molar-refractivity contribution in [3.05, 3.63) is 65.7 Å². The van der Waals surface area contributed by atoms with Crippen LogP contribution in [0.25, 0.3) is 11.0 Å². The van der Waals surface area contributed by atoms with E-state index < -0.39 is 35.7 Å². The molecule has 1 saturated heterocycles. The molecule has 1 aliphatic heterocycles. The highest BCUT2D eigenvalue weighted by Gasteiger charge is 2.32. The zero-order valence-corrected chi connectivity index (χ0v) is 22.3. The number of nitrogens with one attached hydrogen (secondary N) is 3. The molecule has 1 aliphatic rings. The number of ketones is 1. The Hall–Kier alpha value is -4.21. The largest absolute Gasteiger partial charge is 0.451 e. The predicted octanol–water partition coefficient (Wildman–Crippen LogP) is 4.41. The summed E-state index contributed by atoms with van der Waals surface area (Å²) in [5.41, 5.74) is 1.29. The van der Waals surface area contributed by atoms with E-state index in [2.05, 4.69) is 16.0 Å². The number of fused-ring (bicyclic) bond motifs is 1. The molecule has 0 saturated carbocycles. The molecule has 1 unspecified atom stereocenters. The van der Waals surface area contributed by atoms with E-state index in [1.165, 1.54) is 23.1 Å². The normalized spacial score (nSPS) is 16.6. The Balaban J connectivity index is 1.41. The smallest absolute Gasteiger partial charge is 0.322 e. The second kappa shape index (κ2) is 12.1. The van der Waals surface area contributed by atoms with Crippen LogP contribution < -0.4 is 16.0 Å². The van der Waals surface area contributed by atoms with E-state index in [4.69, 9.17) is 4.42 Å². The average molecular weight is 537 g/mol. The fourth-order valence-corrected chi connectivity index (χ4v) is 4.70. The Morgan fingerprint density at radius 2 is 1.82 bits per heavy atom. The van der Waals surface area contributed by atoms with Crippen LogP contribution in [0, 0.1) is 18.7 Å². The van der Waals surface area contributed by atoms with Gasteiger partial charge in [-0.15, -0.1) is 0 Å². The number of aryl methyl sites for hydroxylation is 1. The fourth-order valence-electron chi connectivity index (χ4n) is 4.70. The van der Waals surface area contributed by atoms with E-state index in [0.717, 1.165) is 5.39 Å². The Kier molecular flexibility index (Phi) is 8.63. The number of Topliss-reactive ketones (excluding diaryl/α,β-unsaturated/α-hetero) is 1. The van der Waals surface area contributed by atoms with Crippen molar-refractivity contribution < 1.29 is 28.0 Å². The maximum atomic E-state index is 13.9. The molecule has 2 atom stereocenters. The molecule has 4 rings (SSSR count). The molecule has 2 heterocycles. The molecule has 1 fully saturated rings. The van der Waals surface area contributed by atoms with Crippen molar-refractivity contribution in [2.45, 2.75) is 52.1 Å². The number of amides is 4. The van der Waals surface area contributed by atoms with Crippen LogP contribution in [0.5, 0.6) is 0 Å². The molecule has 3 aromatic rings. The van der Waals surface area contributed by atoms with Crippen LogP contribution in [0.1, 0.15) is 49.2 Å². The maximum Gasteiger partial charge on any atom is 0.322 e. The van der Waals surface area contributed by atoms with Crippen molar-refractivity contribution in [3.63, 3.8) is 0 Å². The molecule has 3 N–H and O–H groups in total. The molecule has 0 bridgehead atoms. The van der Waals surface area contributed by atoms with E-state index in [9.17, 15) is 23.6 Å². The number of urea groups is 1. The molecule has 4 amide bonds. The van der Waals surface area contributed by atoms with Gasteiger partial charge in [-0.25, -0.2) is 9.18 Å². The standard InChI is InChI=1S/C29H33FN4O5/c1-17(2)15-23(32-28(37)26-18(3)19-9-4-7-13-25(19)39-26)27(36)31-22-12-8-14-34(16-24(22)35)29(38)33-21-11-6-5-10-20(21)30/h4-7,9-11,13,17,22-23H,8,12,14-16H2,1-3H3,(H,31,36)(H,32,37)(H,33,38)/t22?,23-/m0/s1. The monoisotopic (exact) mass is 536 g/mol. The van der Waals surface area contributed by atoms with Gasteiger partial charge in [0.25, 0.3) is 5.91 Å². The van der Waals surface area contributed by atoms with Crippen LogP contribution in [0.2, 0.25) is 0 Å². The SMILES string of the molecule is Cc1c(C(=O)N[C@@H](CC(C)C)C(=O)NC2CCCN(C(=O)Nc3ccccc3F)CC2=O)oc2ccccc12. The zero-order valence-electron chi connectivity index (χ0n) is 22.3. The third-order valence-electron chi connectivity index (χ3n) is 6.75. The number of anilines is 1. The van der Waals surface area contributed by atoms with Gasteiger partial charge in [-0.05, 0) is 50.3 Å². The first-order valence-electron chi connectivity index (χ1n) is 13.1. The summed E-state index contributed by atoms with van der Waals surface area (Å²) >= 11 is 0. The number of carbonyl (C=O) groups excluding carboxylic acids is 4. The topological polar surface area (TPSA) is 121 Å². The number of benzene rings is 2. The second-order valence-corrected chi connectivity index (χ2v) is 10.2. The fraction of sp³-hybridized carbons (Fsp3) is 0.379. The Morgan fingerprint density at radius 1 is 1.10 bits per heavy atom. The summed E-state index contributed by atoms with van der Waals surface area (Å²) in [6.07, 6.45) is 1.15. The Bertz CT molecular complexity index is 1390. The first-order chi connectivity index (χ1) is 18.6. The van der Waals surface area contributed by atoms with Crippen molar-refractivity contribution in [3.8, 4) is 0 Å². The molecule has 0 aliphatic carbocycles. The van der Waals surface area contributed by atoms with Crippen LogP contribution in [0.4, 0.5) is 14.9 Å². The lowest BCUT2D eigenvalue weighted by atomic mass is 10.0. The van der Waals surface area contributed by atoms with Gasteiger partial charge in [-0.3, -0.25) is 14.4 Å². The third kappa shape index (κ3) is 6.63. The summed E-state index contributed by atoms with van der Waals surface area (Å²) < 4.78 is 19.7. The van der Waals surface area contributed by atoms with Gasteiger partial charge in [0.1, 0.15) is 17.4 Å². The number of hydrogen-bond acceptors (Lipinski definition) is 5. The first kappa shape index (κ1) is 27.8. The maximum absolute atomic E-state index is 13.9. The first-order valence-corrected chi connectivity index (χ1v) is 13.1. The quantitative estimate of drug-likeness (QED) is 0.413. The Labute approximate surface area is 226 Å². The summed E-state index contributed by atoms with van der Waals surface area (Å²) in [4.78, 5) is 53.4. The number of hydrogen-bond donors (Lipinski definition) is 3. The third-order valence-corrected chi connectivity index (χ3v) is 6.75. The molecule has 206 valence electrons. The van der Waals surface area contributed by atoms with Crippen molar-refractivity contribution >= 4 is 40.3 Å². The highest BCUT2D eigenvalue weighted by Crippen LogP contribution is 2.25. The van der Waals surface area contributed by atoms with Crippen molar-refractivity contribution in [2.75, 3.05) is 18.4 Å². The van der Waals surface area contributed by atoms with Crippen LogP contribution >= 0.6 is 0 Å². The lowest BCUT2D eigenvalue weighted by Crippen LogP contribution is -2.52. The van der Waals surface area contributed by atoms with Crippen molar-refractivity contribution in [2.24, 2.45) is 5.92 Å². The predicted molar refractivity (Wildman–Crippen MR) is 145 cm³/mol.